The molecule has 1 aromatic heterocycles. The lowest BCUT2D eigenvalue weighted by molar-refractivity contribution is 0.491. The highest BCUT2D eigenvalue weighted by molar-refractivity contribution is 7.99. The van der Waals surface area contributed by atoms with E-state index in [-0.39, 0.29) is 0 Å². The van der Waals surface area contributed by atoms with Gasteiger partial charge < -0.3 is 5.73 Å². The summed E-state index contributed by atoms with van der Waals surface area (Å²) in [5.41, 5.74) is 7.81. The maximum absolute atomic E-state index is 6.02. The van der Waals surface area contributed by atoms with Crippen LogP contribution in [0.25, 0.3) is 0 Å². The zero-order chi connectivity index (χ0) is 11.6. The first-order valence-corrected chi connectivity index (χ1v) is 6.39. The zero-order valence-corrected chi connectivity index (χ0v) is 11.1. The summed E-state index contributed by atoms with van der Waals surface area (Å²) in [4.78, 5) is 0. The van der Waals surface area contributed by atoms with E-state index in [0.717, 1.165) is 22.2 Å². The fourth-order valence-electron chi connectivity index (χ4n) is 1.28. The molecular formula is C11H21N3S. The molecule has 15 heavy (non-hydrogen) atoms. The molecule has 0 aromatic carbocycles. The third-order valence-electron chi connectivity index (χ3n) is 2.13. The largest absolute Gasteiger partial charge is 0.395 e. The SMILES string of the molecule is Cc1nn(C(C)C)c(SCC(C)C)c1N. The third-order valence-corrected chi connectivity index (χ3v) is 3.64. The molecule has 3 nitrogen and oxygen atoms in total. The lowest BCUT2D eigenvalue weighted by Gasteiger charge is -2.11. The van der Waals surface area contributed by atoms with E-state index < -0.39 is 0 Å². The van der Waals surface area contributed by atoms with Gasteiger partial charge in [-0.3, -0.25) is 4.68 Å². The molecule has 0 aliphatic rings. The lowest BCUT2D eigenvalue weighted by Crippen LogP contribution is -2.06. The maximum atomic E-state index is 6.02. The van der Waals surface area contributed by atoms with Gasteiger partial charge >= 0.3 is 0 Å². The molecule has 0 bridgehead atoms. The second-order valence-electron chi connectivity index (χ2n) is 4.55. The Balaban J connectivity index is 2.92. The van der Waals surface area contributed by atoms with E-state index in [1.165, 1.54) is 0 Å². The number of thioether (sulfide) groups is 1. The monoisotopic (exact) mass is 227 g/mol. The Kier molecular flexibility index (Phi) is 4.08. The van der Waals surface area contributed by atoms with Crippen molar-refractivity contribution in [1.29, 1.82) is 0 Å². The van der Waals surface area contributed by atoms with Gasteiger partial charge in [0.2, 0.25) is 0 Å². The van der Waals surface area contributed by atoms with Gasteiger partial charge in [-0.15, -0.1) is 11.8 Å². The number of hydrogen-bond acceptors (Lipinski definition) is 3. The van der Waals surface area contributed by atoms with Crippen LogP contribution < -0.4 is 5.73 Å². The van der Waals surface area contributed by atoms with Gasteiger partial charge in [0.05, 0.1) is 11.4 Å². The molecule has 0 amide bonds. The molecule has 0 unspecified atom stereocenters. The number of rotatable bonds is 4. The zero-order valence-electron chi connectivity index (χ0n) is 10.2. The molecule has 2 N–H and O–H groups in total. The Morgan fingerprint density at radius 2 is 1.93 bits per heavy atom. The van der Waals surface area contributed by atoms with Crippen molar-refractivity contribution in [2.75, 3.05) is 11.5 Å². The minimum atomic E-state index is 0.371. The molecule has 1 rings (SSSR count). The van der Waals surface area contributed by atoms with Gasteiger partial charge in [0.25, 0.3) is 0 Å². The molecule has 1 heterocycles. The predicted molar refractivity (Wildman–Crippen MR) is 67.3 cm³/mol. The number of anilines is 1. The van der Waals surface area contributed by atoms with E-state index in [4.69, 9.17) is 5.73 Å². The number of aryl methyl sites for hydroxylation is 1. The van der Waals surface area contributed by atoms with Crippen LogP contribution in [0.4, 0.5) is 5.69 Å². The summed E-state index contributed by atoms with van der Waals surface area (Å²) in [6.07, 6.45) is 0. The molecule has 0 radical (unpaired) electrons. The second kappa shape index (κ2) is 4.92. The van der Waals surface area contributed by atoms with Crippen molar-refractivity contribution in [2.45, 2.75) is 45.7 Å². The van der Waals surface area contributed by atoms with Gasteiger partial charge in [0, 0.05) is 11.8 Å². The summed E-state index contributed by atoms with van der Waals surface area (Å²) in [5.74, 6) is 1.76. The Hall–Kier alpha value is -0.640. The van der Waals surface area contributed by atoms with E-state index in [1.807, 2.05) is 11.6 Å². The van der Waals surface area contributed by atoms with Crippen molar-refractivity contribution < 1.29 is 0 Å². The van der Waals surface area contributed by atoms with Crippen LogP contribution in [0.5, 0.6) is 0 Å². The van der Waals surface area contributed by atoms with Gasteiger partial charge in [-0.1, -0.05) is 13.8 Å². The highest BCUT2D eigenvalue weighted by Crippen LogP contribution is 2.31. The fourth-order valence-corrected chi connectivity index (χ4v) is 2.46. The average Bonchev–Trinajstić information content (AvgIpc) is 2.41. The molecule has 0 saturated heterocycles. The summed E-state index contributed by atoms with van der Waals surface area (Å²) >= 11 is 1.81. The van der Waals surface area contributed by atoms with Crippen LogP contribution >= 0.6 is 11.8 Å². The maximum Gasteiger partial charge on any atom is 0.118 e. The van der Waals surface area contributed by atoms with E-state index in [1.54, 1.807) is 11.8 Å². The first kappa shape index (κ1) is 12.4. The van der Waals surface area contributed by atoms with Crippen LogP contribution in [0, 0.1) is 12.8 Å². The van der Waals surface area contributed by atoms with E-state index in [9.17, 15) is 0 Å². The third kappa shape index (κ3) is 2.91. The topological polar surface area (TPSA) is 43.8 Å². The molecule has 86 valence electrons. The summed E-state index contributed by atoms with van der Waals surface area (Å²) in [6.45, 7) is 10.7. The number of nitrogens with zero attached hydrogens (tertiary/aromatic N) is 2. The van der Waals surface area contributed by atoms with E-state index in [0.29, 0.717) is 12.0 Å². The molecule has 0 saturated carbocycles. The minimum Gasteiger partial charge on any atom is -0.395 e. The molecular weight excluding hydrogens is 206 g/mol. The predicted octanol–water partition coefficient (Wildman–Crippen LogP) is 3.10. The summed E-state index contributed by atoms with van der Waals surface area (Å²) in [6, 6.07) is 0.371. The molecule has 0 aliphatic carbocycles. The van der Waals surface area contributed by atoms with Crippen LogP contribution in [-0.2, 0) is 0 Å². The van der Waals surface area contributed by atoms with Crippen molar-refractivity contribution in [3.05, 3.63) is 5.69 Å². The fraction of sp³-hybridized carbons (Fsp3) is 0.727. The van der Waals surface area contributed by atoms with Gasteiger partial charge in [-0.05, 0) is 26.7 Å². The molecule has 1 aromatic rings. The molecule has 0 aliphatic heterocycles. The van der Waals surface area contributed by atoms with E-state index in [2.05, 4.69) is 32.8 Å². The summed E-state index contributed by atoms with van der Waals surface area (Å²) in [5, 5.41) is 5.58. The van der Waals surface area contributed by atoms with Gasteiger partial charge in [0.15, 0.2) is 0 Å². The van der Waals surface area contributed by atoms with E-state index >= 15 is 0 Å². The normalized spacial score (nSPS) is 11.7. The van der Waals surface area contributed by atoms with Crippen LogP contribution in [0.1, 0.15) is 39.4 Å². The van der Waals surface area contributed by atoms with Crippen LogP contribution in [0.3, 0.4) is 0 Å². The van der Waals surface area contributed by atoms with Crippen LogP contribution in [0.15, 0.2) is 5.03 Å². The van der Waals surface area contributed by atoms with Crippen LogP contribution in [-0.4, -0.2) is 15.5 Å². The molecule has 0 atom stereocenters. The minimum absolute atomic E-state index is 0.371. The number of aromatic nitrogens is 2. The van der Waals surface area contributed by atoms with Crippen molar-refractivity contribution in [3.63, 3.8) is 0 Å². The Labute approximate surface area is 96.4 Å². The average molecular weight is 227 g/mol. The van der Waals surface area contributed by atoms with Crippen molar-refractivity contribution in [2.24, 2.45) is 5.92 Å². The highest BCUT2D eigenvalue weighted by atomic mass is 32.2. The Morgan fingerprint density at radius 3 is 2.40 bits per heavy atom. The molecule has 0 fully saturated rings. The summed E-state index contributed by atoms with van der Waals surface area (Å²) < 4.78 is 2.03. The Morgan fingerprint density at radius 1 is 1.33 bits per heavy atom. The number of hydrogen-bond donors (Lipinski definition) is 1. The second-order valence-corrected chi connectivity index (χ2v) is 5.56. The first-order chi connectivity index (χ1) is 6.93. The number of nitrogen functional groups attached to an aromatic ring is 1. The highest BCUT2D eigenvalue weighted by Gasteiger charge is 2.15. The molecule has 0 spiro atoms. The van der Waals surface area contributed by atoms with Crippen molar-refractivity contribution >= 4 is 17.4 Å². The Bertz CT molecular complexity index is 329. The smallest absolute Gasteiger partial charge is 0.118 e. The quantitative estimate of drug-likeness (QED) is 0.804. The lowest BCUT2D eigenvalue weighted by atomic mass is 10.3. The van der Waals surface area contributed by atoms with Gasteiger partial charge in [-0.25, -0.2) is 0 Å². The van der Waals surface area contributed by atoms with Crippen LogP contribution in [0.2, 0.25) is 0 Å². The standard InChI is InChI=1S/C11H21N3S/c1-7(2)6-15-11-10(12)9(5)13-14(11)8(3)4/h7-8H,6,12H2,1-5H3. The summed E-state index contributed by atoms with van der Waals surface area (Å²) in [7, 11) is 0. The van der Waals surface area contributed by atoms with Gasteiger partial charge in [0.1, 0.15) is 5.03 Å². The molecule has 4 heteroatoms. The van der Waals surface area contributed by atoms with Gasteiger partial charge in [-0.2, -0.15) is 5.10 Å². The number of nitrogens with two attached hydrogens (primary N) is 1. The van der Waals surface area contributed by atoms with Crippen molar-refractivity contribution in [3.8, 4) is 0 Å². The first-order valence-electron chi connectivity index (χ1n) is 5.40. The van der Waals surface area contributed by atoms with Crippen molar-refractivity contribution in [1.82, 2.24) is 9.78 Å².